The van der Waals surface area contributed by atoms with Gasteiger partial charge in [0.05, 0.1) is 18.3 Å². The molecule has 4 rings (SSSR count). The van der Waals surface area contributed by atoms with Crippen molar-refractivity contribution < 1.29 is 13.6 Å². The summed E-state index contributed by atoms with van der Waals surface area (Å²) in [5.74, 6) is 1.54. The second-order valence-corrected chi connectivity index (χ2v) is 8.27. The number of anilines is 1. The Kier molecular flexibility index (Phi) is 5.36. The summed E-state index contributed by atoms with van der Waals surface area (Å²) in [4.78, 5) is 18.9. The number of amides is 1. The third-order valence-electron chi connectivity index (χ3n) is 4.06. The molecule has 0 fully saturated rings. The van der Waals surface area contributed by atoms with Crippen molar-refractivity contribution in [3.63, 3.8) is 0 Å². The molecule has 0 unspecified atom stereocenters. The van der Waals surface area contributed by atoms with Crippen LogP contribution in [0.4, 0.5) is 5.13 Å². The van der Waals surface area contributed by atoms with E-state index in [-0.39, 0.29) is 5.91 Å². The molecule has 0 atom stereocenters. The van der Waals surface area contributed by atoms with Crippen molar-refractivity contribution >= 4 is 34.1 Å². The van der Waals surface area contributed by atoms with Crippen LogP contribution in [0.25, 0.3) is 22.1 Å². The summed E-state index contributed by atoms with van der Waals surface area (Å²) in [6.45, 7) is 4.11. The minimum Gasteiger partial charge on any atom is -0.463 e. The first-order chi connectivity index (χ1) is 13.6. The van der Waals surface area contributed by atoms with Gasteiger partial charge in [-0.05, 0) is 49.7 Å². The molecule has 0 saturated carbocycles. The first kappa shape index (κ1) is 18.6. The molecule has 0 aliphatic carbocycles. The maximum absolute atomic E-state index is 12.4. The number of hydrogen-bond donors (Lipinski definition) is 1. The Morgan fingerprint density at radius 3 is 2.54 bits per heavy atom. The second-order valence-electron chi connectivity index (χ2n) is 6.26. The van der Waals surface area contributed by atoms with Crippen molar-refractivity contribution in [3.8, 4) is 22.1 Å². The van der Waals surface area contributed by atoms with Crippen LogP contribution in [0.2, 0.25) is 0 Å². The fraction of sp³-hybridized carbons (Fsp3) is 0.143. The van der Waals surface area contributed by atoms with E-state index < -0.39 is 0 Å². The molecule has 3 aromatic heterocycles. The predicted octanol–water partition coefficient (Wildman–Crippen LogP) is 6.01. The Morgan fingerprint density at radius 2 is 1.86 bits per heavy atom. The third kappa shape index (κ3) is 4.05. The maximum Gasteiger partial charge on any atom is 0.236 e. The van der Waals surface area contributed by atoms with Gasteiger partial charge in [0.15, 0.2) is 10.9 Å². The van der Waals surface area contributed by atoms with E-state index in [1.807, 2.05) is 18.2 Å². The average molecular weight is 411 g/mol. The molecular formula is C21H18N2O3S2. The fourth-order valence-corrected chi connectivity index (χ4v) is 4.55. The minimum absolute atomic E-state index is 0.101. The van der Waals surface area contributed by atoms with E-state index >= 15 is 0 Å². The molecule has 0 bridgehead atoms. The molecule has 0 radical (unpaired) electrons. The van der Waals surface area contributed by atoms with E-state index in [9.17, 15) is 4.79 Å². The van der Waals surface area contributed by atoms with Gasteiger partial charge >= 0.3 is 0 Å². The number of nitrogens with zero attached hydrogens (tertiary/aromatic N) is 1. The Labute approximate surface area is 170 Å². The van der Waals surface area contributed by atoms with Gasteiger partial charge in [0.2, 0.25) is 5.91 Å². The number of carbonyl (C=O) groups is 1. The summed E-state index contributed by atoms with van der Waals surface area (Å²) in [6, 6.07) is 13.5. The highest BCUT2D eigenvalue weighted by atomic mass is 32.2. The van der Waals surface area contributed by atoms with Crippen LogP contribution in [0.1, 0.15) is 11.1 Å². The Hall–Kier alpha value is -2.77. The smallest absolute Gasteiger partial charge is 0.236 e. The molecule has 1 amide bonds. The first-order valence-corrected chi connectivity index (χ1v) is 10.5. The first-order valence-electron chi connectivity index (χ1n) is 8.68. The summed E-state index contributed by atoms with van der Waals surface area (Å²) < 4.78 is 11.0. The molecule has 4 aromatic rings. The number of nitrogens with one attached hydrogen (secondary N) is 1. The third-order valence-corrected chi connectivity index (χ3v) is 6.22. The topological polar surface area (TPSA) is 68.3 Å². The van der Waals surface area contributed by atoms with E-state index in [2.05, 4.69) is 42.3 Å². The molecule has 0 saturated heterocycles. The highest BCUT2D eigenvalue weighted by Crippen LogP contribution is 2.39. The number of thiazole rings is 1. The largest absolute Gasteiger partial charge is 0.463 e. The molecule has 5 nitrogen and oxygen atoms in total. The Morgan fingerprint density at radius 1 is 1.11 bits per heavy atom. The summed E-state index contributed by atoms with van der Waals surface area (Å²) in [5, 5.41) is 3.41. The van der Waals surface area contributed by atoms with Crippen LogP contribution in [0, 0.1) is 13.8 Å². The van der Waals surface area contributed by atoms with Crippen LogP contribution in [0.3, 0.4) is 0 Å². The molecule has 3 heterocycles. The molecule has 1 aromatic carbocycles. The monoisotopic (exact) mass is 410 g/mol. The van der Waals surface area contributed by atoms with Gasteiger partial charge in [0, 0.05) is 4.90 Å². The van der Waals surface area contributed by atoms with Crippen LogP contribution in [-0.2, 0) is 4.79 Å². The van der Waals surface area contributed by atoms with E-state index in [1.54, 1.807) is 18.6 Å². The number of aromatic nitrogens is 1. The standard InChI is InChI=1S/C21H18N2O3S2/c1-13-7-8-17(14(2)11-13)27-12-18(24)22-21-23-19(15-5-3-9-25-15)20(28-21)16-6-4-10-26-16/h3-11H,12H2,1-2H3,(H,22,23,24). The maximum atomic E-state index is 12.4. The van der Waals surface area contributed by atoms with Crippen LogP contribution in [-0.4, -0.2) is 16.6 Å². The summed E-state index contributed by atoms with van der Waals surface area (Å²) in [5.41, 5.74) is 3.04. The van der Waals surface area contributed by atoms with Gasteiger partial charge in [-0.1, -0.05) is 29.0 Å². The molecule has 7 heteroatoms. The van der Waals surface area contributed by atoms with Crippen molar-refractivity contribution in [1.82, 2.24) is 4.98 Å². The van der Waals surface area contributed by atoms with Gasteiger partial charge in [-0.15, -0.1) is 11.8 Å². The quantitative estimate of drug-likeness (QED) is 0.394. The molecule has 142 valence electrons. The molecule has 0 spiro atoms. The van der Waals surface area contributed by atoms with Gasteiger partial charge in [-0.3, -0.25) is 4.79 Å². The van der Waals surface area contributed by atoms with E-state index in [1.165, 1.54) is 34.2 Å². The van der Waals surface area contributed by atoms with Crippen molar-refractivity contribution in [2.45, 2.75) is 18.7 Å². The number of carbonyl (C=O) groups excluding carboxylic acids is 1. The number of benzene rings is 1. The number of aryl methyl sites for hydroxylation is 2. The summed E-state index contributed by atoms with van der Waals surface area (Å²) in [6.07, 6.45) is 3.21. The number of rotatable bonds is 6. The highest BCUT2D eigenvalue weighted by Gasteiger charge is 2.20. The van der Waals surface area contributed by atoms with Crippen molar-refractivity contribution in [1.29, 1.82) is 0 Å². The Balaban J connectivity index is 1.50. The van der Waals surface area contributed by atoms with Gasteiger partial charge in [-0.2, -0.15) is 0 Å². The van der Waals surface area contributed by atoms with Crippen molar-refractivity contribution in [2.75, 3.05) is 11.1 Å². The average Bonchev–Trinajstić information content (AvgIpc) is 3.41. The van der Waals surface area contributed by atoms with Gasteiger partial charge in [0.25, 0.3) is 0 Å². The zero-order chi connectivity index (χ0) is 19.5. The number of thioether (sulfide) groups is 1. The summed E-state index contributed by atoms with van der Waals surface area (Å²) >= 11 is 2.88. The van der Waals surface area contributed by atoms with Crippen LogP contribution >= 0.6 is 23.1 Å². The van der Waals surface area contributed by atoms with Gasteiger partial charge in [0.1, 0.15) is 16.3 Å². The van der Waals surface area contributed by atoms with Crippen molar-refractivity contribution in [3.05, 3.63) is 66.1 Å². The van der Waals surface area contributed by atoms with Crippen LogP contribution < -0.4 is 5.32 Å². The molecule has 28 heavy (non-hydrogen) atoms. The zero-order valence-corrected chi connectivity index (χ0v) is 17.0. The summed E-state index contributed by atoms with van der Waals surface area (Å²) in [7, 11) is 0. The second kappa shape index (κ2) is 8.08. The molecular weight excluding hydrogens is 392 g/mol. The molecule has 0 aliphatic heterocycles. The minimum atomic E-state index is -0.101. The number of hydrogen-bond acceptors (Lipinski definition) is 6. The zero-order valence-electron chi connectivity index (χ0n) is 15.4. The van der Waals surface area contributed by atoms with Crippen LogP contribution in [0.5, 0.6) is 0 Å². The molecule has 1 N–H and O–H groups in total. The molecule has 0 aliphatic rings. The predicted molar refractivity (Wildman–Crippen MR) is 113 cm³/mol. The van der Waals surface area contributed by atoms with Crippen LogP contribution in [0.15, 0.2) is 68.7 Å². The Bertz CT molecular complexity index is 1030. The highest BCUT2D eigenvalue weighted by molar-refractivity contribution is 8.00. The van der Waals surface area contributed by atoms with E-state index in [0.29, 0.717) is 28.1 Å². The van der Waals surface area contributed by atoms with E-state index in [4.69, 9.17) is 8.83 Å². The van der Waals surface area contributed by atoms with E-state index in [0.717, 1.165) is 9.77 Å². The number of furan rings is 2. The fourth-order valence-electron chi connectivity index (χ4n) is 2.79. The van der Waals surface area contributed by atoms with Gasteiger partial charge in [-0.25, -0.2) is 4.98 Å². The lowest BCUT2D eigenvalue weighted by Gasteiger charge is -2.06. The van der Waals surface area contributed by atoms with Gasteiger partial charge < -0.3 is 14.2 Å². The lowest BCUT2D eigenvalue weighted by atomic mass is 10.2. The normalized spacial score (nSPS) is 10.9. The lowest BCUT2D eigenvalue weighted by Crippen LogP contribution is -2.13. The SMILES string of the molecule is Cc1ccc(SCC(=O)Nc2nc(-c3ccco3)c(-c3ccco3)s2)c(C)c1. The lowest BCUT2D eigenvalue weighted by molar-refractivity contribution is -0.113. The van der Waals surface area contributed by atoms with Crippen molar-refractivity contribution in [2.24, 2.45) is 0 Å².